The van der Waals surface area contributed by atoms with E-state index in [-0.39, 0.29) is 24.4 Å². The molecule has 2 atom stereocenters. The van der Waals surface area contributed by atoms with Crippen molar-refractivity contribution in [1.82, 2.24) is 19.8 Å². The van der Waals surface area contributed by atoms with Gasteiger partial charge in [-0.1, -0.05) is 18.2 Å². The first-order chi connectivity index (χ1) is 18.6. The molecular formula is C29H29N5O3S. The molecule has 2 aromatic carbocycles. The molecule has 0 radical (unpaired) electrons. The average molecular weight is 528 g/mol. The third-order valence-electron chi connectivity index (χ3n) is 6.59. The highest BCUT2D eigenvalue weighted by Gasteiger charge is 2.41. The van der Waals surface area contributed by atoms with Gasteiger partial charge in [0, 0.05) is 36.7 Å². The van der Waals surface area contributed by atoms with Crippen molar-refractivity contribution in [3.63, 3.8) is 0 Å². The molecule has 4 aromatic rings. The van der Waals surface area contributed by atoms with Gasteiger partial charge in [-0.05, 0) is 72.9 Å². The summed E-state index contributed by atoms with van der Waals surface area (Å²) in [5.41, 5.74) is 3.54. The molecule has 0 bridgehead atoms. The van der Waals surface area contributed by atoms with Gasteiger partial charge in [-0.25, -0.2) is 0 Å². The number of para-hydroxylation sites is 2. The Labute approximate surface area is 227 Å². The number of amides is 1. The van der Waals surface area contributed by atoms with Gasteiger partial charge in [0.05, 0.1) is 37.7 Å². The molecule has 1 saturated heterocycles. The van der Waals surface area contributed by atoms with Crippen LogP contribution in [0.5, 0.6) is 11.5 Å². The van der Waals surface area contributed by atoms with Crippen LogP contribution in [-0.2, 0) is 4.79 Å². The van der Waals surface area contributed by atoms with Crippen molar-refractivity contribution in [1.29, 1.82) is 0 Å². The number of carbonyl (C=O) groups excluding carboxylic acids is 1. The number of aromatic nitrogens is 2. The summed E-state index contributed by atoms with van der Waals surface area (Å²) in [6.07, 6.45) is 4.05. The molecule has 0 saturated carbocycles. The summed E-state index contributed by atoms with van der Waals surface area (Å²) in [5, 5.41) is 7.00. The van der Waals surface area contributed by atoms with Crippen molar-refractivity contribution in [2.75, 3.05) is 26.1 Å². The first-order valence-corrected chi connectivity index (χ1v) is 12.7. The highest BCUT2D eigenvalue weighted by Crippen LogP contribution is 2.39. The molecule has 0 unspecified atom stereocenters. The Morgan fingerprint density at radius 1 is 1.00 bits per heavy atom. The molecule has 3 heterocycles. The zero-order valence-electron chi connectivity index (χ0n) is 21.2. The Morgan fingerprint density at radius 3 is 2.53 bits per heavy atom. The number of thiocarbonyl (C=S) groups is 1. The number of benzene rings is 2. The van der Waals surface area contributed by atoms with E-state index in [4.69, 9.17) is 21.7 Å². The molecular weight excluding hydrogens is 498 g/mol. The third-order valence-corrected chi connectivity index (χ3v) is 6.94. The maximum absolute atomic E-state index is 13.0. The highest BCUT2D eigenvalue weighted by atomic mass is 32.1. The summed E-state index contributed by atoms with van der Waals surface area (Å²) in [6.45, 7) is 0.425. The second kappa shape index (κ2) is 11.4. The van der Waals surface area contributed by atoms with Crippen LogP contribution in [0.25, 0.3) is 5.69 Å². The number of pyridine rings is 1. The fourth-order valence-corrected chi connectivity index (χ4v) is 5.10. The molecule has 1 aliphatic rings. The van der Waals surface area contributed by atoms with E-state index in [2.05, 4.69) is 31.2 Å². The third kappa shape index (κ3) is 5.19. The molecule has 2 N–H and O–H groups in total. The molecule has 9 heteroatoms. The van der Waals surface area contributed by atoms with Crippen LogP contribution >= 0.6 is 12.2 Å². The largest absolute Gasteiger partial charge is 0.497 e. The molecule has 8 nitrogen and oxygen atoms in total. The first-order valence-electron chi connectivity index (χ1n) is 12.3. The number of rotatable bonds is 9. The first kappa shape index (κ1) is 25.3. The van der Waals surface area contributed by atoms with Crippen LogP contribution in [0.1, 0.15) is 29.9 Å². The maximum Gasteiger partial charge on any atom is 0.226 e. The molecule has 194 valence electrons. The SMILES string of the molecule is COc1ccc(-n2cccc2[C@@H]2[C@H](c3ccccn3)NC(=S)N2CCC(=O)Nc2ccccc2OC)cc1. The summed E-state index contributed by atoms with van der Waals surface area (Å²) in [5.74, 6) is 1.28. The summed E-state index contributed by atoms with van der Waals surface area (Å²) >= 11 is 5.79. The number of anilines is 1. The van der Waals surface area contributed by atoms with Crippen LogP contribution in [0.3, 0.4) is 0 Å². The quantitative estimate of drug-likeness (QED) is 0.300. The van der Waals surface area contributed by atoms with E-state index in [0.29, 0.717) is 23.1 Å². The van der Waals surface area contributed by atoms with Gasteiger partial charge >= 0.3 is 0 Å². The van der Waals surface area contributed by atoms with Crippen molar-refractivity contribution in [2.24, 2.45) is 0 Å². The van der Waals surface area contributed by atoms with Gasteiger partial charge in [0.1, 0.15) is 11.5 Å². The van der Waals surface area contributed by atoms with E-state index < -0.39 is 0 Å². The second-order valence-electron chi connectivity index (χ2n) is 8.82. The zero-order valence-corrected chi connectivity index (χ0v) is 22.0. The van der Waals surface area contributed by atoms with Gasteiger partial charge in [0.15, 0.2) is 5.11 Å². The van der Waals surface area contributed by atoms with Crippen molar-refractivity contribution in [3.8, 4) is 17.2 Å². The Hall–Kier alpha value is -4.37. The molecule has 5 rings (SSSR count). The van der Waals surface area contributed by atoms with Crippen LogP contribution in [0.15, 0.2) is 91.3 Å². The van der Waals surface area contributed by atoms with E-state index in [1.54, 1.807) is 20.4 Å². The Bertz CT molecular complexity index is 1410. The van der Waals surface area contributed by atoms with Gasteiger partial charge in [-0.3, -0.25) is 9.78 Å². The minimum atomic E-state index is -0.187. The predicted molar refractivity (Wildman–Crippen MR) is 151 cm³/mol. The molecule has 38 heavy (non-hydrogen) atoms. The number of nitrogens with one attached hydrogen (secondary N) is 2. The number of ether oxygens (including phenoxy) is 2. The predicted octanol–water partition coefficient (Wildman–Crippen LogP) is 4.89. The summed E-state index contributed by atoms with van der Waals surface area (Å²) in [4.78, 5) is 19.6. The van der Waals surface area contributed by atoms with Gasteiger partial charge in [-0.2, -0.15) is 0 Å². The topological polar surface area (TPSA) is 80.7 Å². The monoisotopic (exact) mass is 527 g/mol. The van der Waals surface area contributed by atoms with Gasteiger partial charge < -0.3 is 29.6 Å². The summed E-state index contributed by atoms with van der Waals surface area (Å²) in [7, 11) is 3.24. The molecule has 0 aliphatic carbocycles. The van der Waals surface area contributed by atoms with E-state index in [9.17, 15) is 4.79 Å². The van der Waals surface area contributed by atoms with Crippen LogP contribution in [0, 0.1) is 0 Å². The van der Waals surface area contributed by atoms with Gasteiger partial charge in [-0.15, -0.1) is 0 Å². The fraction of sp³-hybridized carbons (Fsp3) is 0.207. The summed E-state index contributed by atoms with van der Waals surface area (Å²) < 4.78 is 12.8. The number of hydrogen-bond acceptors (Lipinski definition) is 5. The van der Waals surface area contributed by atoms with E-state index in [0.717, 1.165) is 22.8 Å². The van der Waals surface area contributed by atoms with Gasteiger partial charge in [0.25, 0.3) is 0 Å². The van der Waals surface area contributed by atoms with Crippen molar-refractivity contribution < 1.29 is 14.3 Å². The van der Waals surface area contributed by atoms with E-state index in [1.165, 1.54) is 0 Å². The summed E-state index contributed by atoms with van der Waals surface area (Å²) in [6, 6.07) is 24.9. The van der Waals surface area contributed by atoms with Crippen LogP contribution in [0.4, 0.5) is 5.69 Å². The van der Waals surface area contributed by atoms with E-state index >= 15 is 0 Å². The molecule has 1 fully saturated rings. The minimum absolute atomic E-state index is 0.122. The molecule has 1 amide bonds. The lowest BCUT2D eigenvalue weighted by Crippen LogP contribution is -2.33. The van der Waals surface area contributed by atoms with Crippen molar-refractivity contribution >= 4 is 28.9 Å². The van der Waals surface area contributed by atoms with Crippen LogP contribution < -0.4 is 20.1 Å². The highest BCUT2D eigenvalue weighted by molar-refractivity contribution is 7.80. The lowest BCUT2D eigenvalue weighted by Gasteiger charge is -2.29. The Morgan fingerprint density at radius 2 is 1.79 bits per heavy atom. The van der Waals surface area contributed by atoms with Crippen LogP contribution in [0.2, 0.25) is 0 Å². The maximum atomic E-state index is 13.0. The Balaban J connectivity index is 1.43. The minimum Gasteiger partial charge on any atom is -0.497 e. The smallest absolute Gasteiger partial charge is 0.226 e. The number of nitrogens with zero attached hydrogens (tertiary/aromatic N) is 3. The normalized spacial score (nSPS) is 16.7. The van der Waals surface area contributed by atoms with Crippen LogP contribution in [-0.4, -0.2) is 46.2 Å². The molecule has 2 aromatic heterocycles. The molecule has 1 aliphatic heterocycles. The Kier molecular flexibility index (Phi) is 7.55. The van der Waals surface area contributed by atoms with Crippen molar-refractivity contribution in [3.05, 3.63) is 103 Å². The standard InChI is InChI=1S/C29H29N5O3S/c1-36-21-14-12-20(13-15-21)33-18-7-10-24(33)28-27(23-9-5-6-17-30-23)32-29(38)34(28)19-16-26(35)31-22-8-3-4-11-25(22)37-2/h3-15,17-18,27-28H,16,19H2,1-2H3,(H,31,35)(H,32,38)/t27-,28+/m0/s1. The second-order valence-corrected chi connectivity index (χ2v) is 9.21. The lowest BCUT2D eigenvalue weighted by molar-refractivity contribution is -0.116. The molecule has 0 spiro atoms. The number of hydrogen-bond donors (Lipinski definition) is 2. The number of carbonyl (C=O) groups is 1. The lowest BCUT2D eigenvalue weighted by atomic mass is 10.0. The zero-order chi connectivity index (χ0) is 26.5. The van der Waals surface area contributed by atoms with Gasteiger partial charge in [0.2, 0.25) is 5.91 Å². The average Bonchev–Trinajstić information content (AvgIpc) is 3.57. The van der Waals surface area contributed by atoms with Crippen molar-refractivity contribution in [2.45, 2.75) is 18.5 Å². The fourth-order valence-electron chi connectivity index (χ4n) is 4.76. The number of methoxy groups -OCH3 is 2. The van der Waals surface area contributed by atoms with E-state index in [1.807, 2.05) is 79.0 Å².